The summed E-state index contributed by atoms with van der Waals surface area (Å²) in [5, 5.41) is 18.7. The van der Waals surface area contributed by atoms with Crippen molar-refractivity contribution in [3.8, 4) is 5.75 Å². The van der Waals surface area contributed by atoms with Crippen molar-refractivity contribution in [2.45, 2.75) is 12.8 Å². The molecule has 3 rings (SSSR count). The number of aromatic hydroxyl groups is 1. The van der Waals surface area contributed by atoms with Gasteiger partial charge in [0, 0.05) is 22.9 Å². The summed E-state index contributed by atoms with van der Waals surface area (Å²) in [4.78, 5) is 23.2. The molecule has 0 radical (unpaired) electrons. The van der Waals surface area contributed by atoms with Gasteiger partial charge in [0.05, 0.1) is 6.21 Å². The summed E-state index contributed by atoms with van der Waals surface area (Å²) in [5.74, 6) is -0.761. The van der Waals surface area contributed by atoms with Crippen molar-refractivity contribution in [3.05, 3.63) is 77.4 Å². The molecule has 0 saturated carbocycles. The Labute approximate surface area is 161 Å². The topological polar surface area (TPSA) is 115 Å². The van der Waals surface area contributed by atoms with Crippen LogP contribution in [0.25, 0.3) is 10.8 Å². The summed E-state index contributed by atoms with van der Waals surface area (Å²) in [5.41, 5.74) is 10.9. The fourth-order valence-corrected chi connectivity index (χ4v) is 2.73. The average molecular weight is 374 g/mol. The minimum atomic E-state index is -0.479. The molecule has 0 bridgehead atoms. The zero-order valence-electron chi connectivity index (χ0n) is 14.9. The van der Waals surface area contributed by atoms with Crippen molar-refractivity contribution in [2.75, 3.05) is 0 Å². The van der Waals surface area contributed by atoms with Gasteiger partial charge in [0.15, 0.2) is 0 Å². The second-order valence-corrected chi connectivity index (χ2v) is 6.13. The van der Waals surface area contributed by atoms with E-state index in [4.69, 9.17) is 5.53 Å². The largest absolute Gasteiger partial charge is 0.507 e. The van der Waals surface area contributed by atoms with Gasteiger partial charge in [0.2, 0.25) is 0 Å². The first kappa shape index (κ1) is 18.9. The predicted octanol–water partition coefficient (Wildman–Crippen LogP) is 3.80. The van der Waals surface area contributed by atoms with E-state index >= 15 is 0 Å². The van der Waals surface area contributed by atoms with Crippen LogP contribution in [0.4, 0.5) is 0 Å². The number of benzene rings is 3. The Kier molecular flexibility index (Phi) is 5.86. The molecule has 28 heavy (non-hydrogen) atoms. The van der Waals surface area contributed by atoms with Gasteiger partial charge in [-0.15, -0.1) is 5.11 Å². The normalized spacial score (nSPS) is 10.9. The molecular weight excluding hydrogens is 356 g/mol. The molecule has 0 heterocycles. The van der Waals surface area contributed by atoms with Crippen LogP contribution in [0.2, 0.25) is 0 Å². The van der Waals surface area contributed by atoms with Crippen molar-refractivity contribution < 1.29 is 14.7 Å². The van der Waals surface area contributed by atoms with Crippen molar-refractivity contribution in [1.82, 2.24) is 5.43 Å². The number of phenolic OH excluding ortho intramolecular Hbond substituents is 1. The molecule has 7 heteroatoms. The molecule has 0 aromatic heterocycles. The quantitative estimate of drug-likeness (QED) is 0.346. The minimum absolute atomic E-state index is 0.106. The highest BCUT2D eigenvalue weighted by Gasteiger charge is 2.07. The van der Waals surface area contributed by atoms with Gasteiger partial charge in [-0.1, -0.05) is 42.5 Å². The van der Waals surface area contributed by atoms with Crippen molar-refractivity contribution >= 4 is 28.8 Å². The van der Waals surface area contributed by atoms with Crippen LogP contribution in [0.5, 0.6) is 5.75 Å². The number of nitrogens with zero attached hydrogens (tertiary/aromatic N) is 2. The standard InChI is InChI=1S/C21H18N4O3/c22-24-19(26)12-7-14-5-8-16(9-6-14)21(28)25-23-13-17-11-10-15-3-1-2-4-18(15)20(17)27/h1-6,8-11,13,22,27H,7,12H2,(H,25,28)/b23-13-,24-22?. The smallest absolute Gasteiger partial charge is 0.271 e. The summed E-state index contributed by atoms with van der Waals surface area (Å²) >= 11 is 0. The van der Waals surface area contributed by atoms with Crippen molar-refractivity contribution in [2.24, 2.45) is 10.2 Å². The Morgan fingerprint density at radius 1 is 1.04 bits per heavy atom. The Hall–Kier alpha value is -3.87. The lowest BCUT2D eigenvalue weighted by atomic mass is 10.1. The molecule has 0 saturated heterocycles. The van der Waals surface area contributed by atoms with Crippen LogP contribution >= 0.6 is 0 Å². The lowest BCUT2D eigenvalue weighted by Crippen LogP contribution is -2.17. The van der Waals surface area contributed by atoms with Gasteiger partial charge in [0.1, 0.15) is 5.75 Å². The maximum atomic E-state index is 12.2. The molecule has 3 aromatic carbocycles. The number of rotatable bonds is 6. The van der Waals surface area contributed by atoms with E-state index in [1.165, 1.54) is 6.21 Å². The Morgan fingerprint density at radius 3 is 2.54 bits per heavy atom. The van der Waals surface area contributed by atoms with E-state index in [0.717, 1.165) is 10.9 Å². The number of amides is 2. The van der Waals surface area contributed by atoms with Crippen molar-refractivity contribution in [3.63, 3.8) is 0 Å². The Bertz CT molecular complexity index is 1060. The third kappa shape index (κ3) is 4.45. The molecule has 3 N–H and O–H groups in total. The Morgan fingerprint density at radius 2 is 1.79 bits per heavy atom. The molecule has 0 aliphatic carbocycles. The molecule has 0 unspecified atom stereocenters. The first-order valence-electron chi connectivity index (χ1n) is 8.62. The van der Waals surface area contributed by atoms with Gasteiger partial charge in [-0.3, -0.25) is 9.59 Å². The third-order valence-corrected chi connectivity index (χ3v) is 4.27. The van der Waals surface area contributed by atoms with Gasteiger partial charge >= 0.3 is 0 Å². The van der Waals surface area contributed by atoms with Crippen LogP contribution in [0.3, 0.4) is 0 Å². The molecule has 2 amide bonds. The maximum absolute atomic E-state index is 12.2. The summed E-state index contributed by atoms with van der Waals surface area (Å²) in [7, 11) is 0. The van der Waals surface area contributed by atoms with E-state index in [0.29, 0.717) is 22.9 Å². The SMILES string of the molecule is N=NC(=O)CCc1ccc(C(=O)N/N=C\c2ccc3ccccc3c2O)cc1. The monoisotopic (exact) mass is 374 g/mol. The highest BCUT2D eigenvalue weighted by Crippen LogP contribution is 2.27. The van der Waals surface area contributed by atoms with Crippen LogP contribution in [0.1, 0.15) is 27.9 Å². The lowest BCUT2D eigenvalue weighted by molar-refractivity contribution is -0.118. The number of fused-ring (bicyclic) bond motifs is 1. The van der Waals surface area contributed by atoms with Gasteiger partial charge in [-0.05, 0) is 35.6 Å². The van der Waals surface area contributed by atoms with Gasteiger partial charge in [-0.25, -0.2) is 11.0 Å². The second-order valence-electron chi connectivity index (χ2n) is 6.13. The van der Waals surface area contributed by atoms with E-state index in [-0.39, 0.29) is 18.1 Å². The highest BCUT2D eigenvalue weighted by atomic mass is 16.3. The molecule has 0 aliphatic rings. The summed E-state index contributed by atoms with van der Waals surface area (Å²) in [6, 6.07) is 17.8. The first-order chi connectivity index (χ1) is 13.6. The van der Waals surface area contributed by atoms with Crippen molar-refractivity contribution in [1.29, 1.82) is 5.53 Å². The molecule has 7 nitrogen and oxygen atoms in total. The lowest BCUT2D eigenvalue weighted by Gasteiger charge is -2.05. The number of hydrogen-bond donors (Lipinski definition) is 3. The number of carbonyl (C=O) groups is 2. The van der Waals surface area contributed by atoms with E-state index in [1.54, 1.807) is 30.3 Å². The molecule has 3 aromatic rings. The number of hydrogen-bond acceptors (Lipinski definition) is 5. The van der Waals surface area contributed by atoms with Crippen LogP contribution in [-0.4, -0.2) is 23.1 Å². The second kappa shape index (κ2) is 8.68. The van der Waals surface area contributed by atoms with E-state index < -0.39 is 5.91 Å². The van der Waals surface area contributed by atoms with Crippen LogP contribution in [0.15, 0.2) is 70.9 Å². The average Bonchev–Trinajstić information content (AvgIpc) is 2.74. The maximum Gasteiger partial charge on any atom is 0.271 e. The van der Waals surface area contributed by atoms with Crippen LogP contribution < -0.4 is 5.43 Å². The van der Waals surface area contributed by atoms with E-state index in [9.17, 15) is 14.7 Å². The van der Waals surface area contributed by atoms with Crippen LogP contribution in [-0.2, 0) is 11.2 Å². The summed E-state index contributed by atoms with van der Waals surface area (Å²) < 4.78 is 0. The van der Waals surface area contributed by atoms with E-state index in [1.807, 2.05) is 30.3 Å². The van der Waals surface area contributed by atoms with E-state index in [2.05, 4.69) is 15.6 Å². The van der Waals surface area contributed by atoms with Crippen LogP contribution in [0, 0.1) is 5.53 Å². The minimum Gasteiger partial charge on any atom is -0.507 e. The zero-order chi connectivity index (χ0) is 19.9. The summed E-state index contributed by atoms with van der Waals surface area (Å²) in [6.07, 6.45) is 2.01. The number of hydrazone groups is 1. The third-order valence-electron chi connectivity index (χ3n) is 4.27. The fraction of sp³-hybridized carbons (Fsp3) is 0.0952. The number of nitrogens with one attached hydrogen (secondary N) is 2. The molecule has 0 atom stereocenters. The fourth-order valence-electron chi connectivity index (χ4n) is 2.73. The predicted molar refractivity (Wildman–Crippen MR) is 106 cm³/mol. The van der Waals surface area contributed by atoms with Gasteiger partial charge < -0.3 is 5.11 Å². The number of aryl methyl sites for hydroxylation is 1. The number of phenols is 1. The molecule has 0 fully saturated rings. The molecular formula is C21H18N4O3. The summed E-state index contributed by atoms with van der Waals surface area (Å²) in [6.45, 7) is 0. The molecule has 140 valence electrons. The zero-order valence-corrected chi connectivity index (χ0v) is 14.9. The number of carbonyl (C=O) groups excluding carboxylic acids is 2. The molecule has 0 spiro atoms. The highest BCUT2D eigenvalue weighted by molar-refractivity contribution is 5.98. The molecule has 0 aliphatic heterocycles. The van der Waals surface area contributed by atoms with Gasteiger partial charge in [0.25, 0.3) is 11.8 Å². The Balaban J connectivity index is 1.63. The van der Waals surface area contributed by atoms with Gasteiger partial charge in [-0.2, -0.15) is 5.10 Å². The first-order valence-corrected chi connectivity index (χ1v) is 8.62.